The fourth-order valence-electron chi connectivity index (χ4n) is 3.53. The van der Waals surface area contributed by atoms with Crippen LogP contribution in [0.15, 0.2) is 40.8 Å². The van der Waals surface area contributed by atoms with E-state index < -0.39 is 0 Å². The van der Waals surface area contributed by atoms with Gasteiger partial charge in [0.05, 0.1) is 31.4 Å². The second-order valence-corrected chi connectivity index (χ2v) is 7.47. The summed E-state index contributed by atoms with van der Waals surface area (Å²) in [4.78, 5) is 1.69. The molecule has 0 fully saturated rings. The van der Waals surface area contributed by atoms with Crippen LogP contribution in [0.2, 0.25) is 5.02 Å². The lowest BCUT2D eigenvalue weighted by Crippen LogP contribution is -3.11. The second kappa shape index (κ2) is 7.95. The number of benzene rings is 2. The Morgan fingerprint density at radius 1 is 1.18 bits per heavy atom. The molecule has 1 aliphatic heterocycles. The maximum absolute atomic E-state index is 6.25. The maximum atomic E-state index is 6.25. The van der Waals surface area contributed by atoms with Gasteiger partial charge < -0.3 is 18.8 Å². The summed E-state index contributed by atoms with van der Waals surface area (Å²) >= 11 is 11.6. The summed E-state index contributed by atoms with van der Waals surface area (Å²) in [6, 6.07) is 11.6. The van der Waals surface area contributed by atoms with E-state index >= 15 is 0 Å². The molecule has 1 aliphatic rings. The molecule has 146 valence electrons. The van der Waals surface area contributed by atoms with Crippen LogP contribution in [-0.2, 0) is 19.6 Å². The zero-order valence-electron chi connectivity index (χ0n) is 15.7. The minimum absolute atomic E-state index is 0.348. The number of nitrogens with zero attached hydrogens (tertiary/aromatic N) is 2. The first-order valence-electron chi connectivity index (χ1n) is 8.99. The molecule has 2 aromatic carbocycles. The molecule has 6 nitrogen and oxygen atoms in total. The highest BCUT2D eigenvalue weighted by Gasteiger charge is 2.23. The Bertz CT molecular complexity index is 1060. The van der Waals surface area contributed by atoms with Crippen LogP contribution in [0.25, 0.3) is 11.5 Å². The van der Waals surface area contributed by atoms with E-state index in [2.05, 4.69) is 17.2 Å². The van der Waals surface area contributed by atoms with E-state index in [1.807, 2.05) is 24.3 Å². The number of nitrogens with one attached hydrogen (secondary N) is 1. The van der Waals surface area contributed by atoms with Crippen LogP contribution in [0.4, 0.5) is 0 Å². The normalized spacial score (nSPS) is 15.9. The molecule has 0 amide bonds. The Balaban J connectivity index is 1.55. The molecule has 2 heterocycles. The molecule has 4 rings (SSSR count). The third kappa shape index (κ3) is 3.65. The topological polar surface area (TPSA) is 53.9 Å². The highest BCUT2D eigenvalue weighted by atomic mass is 35.5. The quantitative estimate of drug-likeness (QED) is 0.645. The number of methoxy groups -OCH3 is 2. The number of hydrogen-bond acceptors (Lipinski definition) is 5. The van der Waals surface area contributed by atoms with Crippen LogP contribution in [0, 0.1) is 4.84 Å². The van der Waals surface area contributed by atoms with Gasteiger partial charge in [-0.15, -0.1) is 5.10 Å². The maximum Gasteiger partial charge on any atom is 0.292 e. The van der Waals surface area contributed by atoms with Crippen molar-refractivity contribution in [1.82, 2.24) is 9.78 Å². The van der Waals surface area contributed by atoms with Crippen LogP contribution >= 0.6 is 23.8 Å². The summed E-state index contributed by atoms with van der Waals surface area (Å²) in [6.07, 6.45) is 0.952. The van der Waals surface area contributed by atoms with Gasteiger partial charge in [-0.3, -0.25) is 0 Å². The first-order chi connectivity index (χ1) is 13.6. The number of halogens is 1. The summed E-state index contributed by atoms with van der Waals surface area (Å²) < 4.78 is 18.3. The van der Waals surface area contributed by atoms with Gasteiger partial charge in [0, 0.05) is 12.0 Å². The van der Waals surface area contributed by atoms with Gasteiger partial charge in [0.25, 0.3) is 4.84 Å². The van der Waals surface area contributed by atoms with Crippen molar-refractivity contribution in [2.45, 2.75) is 19.6 Å². The fourth-order valence-corrected chi connectivity index (χ4v) is 3.93. The standard InChI is InChI=1S/C20H20ClN3O3S/c1-25-17-9-13-7-8-23(11-14(13)10-18(17)26-2)12-24-20(28)27-19(22-24)15-5-3-4-6-16(15)21/h3-6,9-10H,7-8,11-12H2,1-2H3/p+1. The molecule has 1 atom stereocenters. The second-order valence-electron chi connectivity index (χ2n) is 6.71. The van der Waals surface area contributed by atoms with Crippen molar-refractivity contribution < 1.29 is 18.8 Å². The fraction of sp³-hybridized carbons (Fsp3) is 0.300. The van der Waals surface area contributed by atoms with Gasteiger partial charge >= 0.3 is 0 Å². The zero-order chi connectivity index (χ0) is 19.7. The van der Waals surface area contributed by atoms with Gasteiger partial charge in [-0.05, 0) is 42.0 Å². The molecular formula is C20H21ClN3O3S+. The van der Waals surface area contributed by atoms with Crippen molar-refractivity contribution in [2.75, 3.05) is 20.8 Å². The molecule has 0 aliphatic carbocycles. The van der Waals surface area contributed by atoms with Crippen molar-refractivity contribution in [1.29, 1.82) is 0 Å². The van der Waals surface area contributed by atoms with E-state index in [0.29, 0.717) is 22.4 Å². The summed E-state index contributed by atoms with van der Waals surface area (Å²) in [5.74, 6) is 1.97. The van der Waals surface area contributed by atoms with Crippen molar-refractivity contribution >= 4 is 23.8 Å². The third-order valence-electron chi connectivity index (χ3n) is 4.98. The van der Waals surface area contributed by atoms with Crippen LogP contribution in [0.1, 0.15) is 11.1 Å². The Morgan fingerprint density at radius 2 is 1.89 bits per heavy atom. The number of rotatable bonds is 5. The number of quaternary nitrogens is 1. The van der Waals surface area contributed by atoms with Gasteiger partial charge in [0.2, 0.25) is 5.89 Å². The van der Waals surface area contributed by atoms with E-state index in [1.54, 1.807) is 18.9 Å². The number of hydrogen-bond donors (Lipinski definition) is 1. The minimum atomic E-state index is 0.348. The lowest BCUT2D eigenvalue weighted by Gasteiger charge is -2.26. The molecule has 0 spiro atoms. The SMILES string of the molecule is COc1cc2c(cc1OC)C[NH+](Cn1nc(-c3ccccc3Cl)oc1=S)CC2. The Labute approximate surface area is 173 Å². The lowest BCUT2D eigenvalue weighted by atomic mass is 9.99. The zero-order valence-corrected chi connectivity index (χ0v) is 17.3. The van der Waals surface area contributed by atoms with Gasteiger partial charge in [-0.25, -0.2) is 0 Å². The van der Waals surface area contributed by atoms with Crippen LogP contribution in [-0.4, -0.2) is 30.5 Å². The Hall–Kier alpha value is -2.35. The first kappa shape index (κ1) is 19.0. The van der Waals surface area contributed by atoms with Gasteiger partial charge in [-0.2, -0.15) is 4.68 Å². The van der Waals surface area contributed by atoms with E-state index in [0.717, 1.165) is 36.6 Å². The molecule has 3 aromatic rings. The van der Waals surface area contributed by atoms with Crippen molar-refractivity contribution in [3.63, 3.8) is 0 Å². The molecule has 28 heavy (non-hydrogen) atoms. The third-order valence-corrected chi connectivity index (χ3v) is 5.60. The van der Waals surface area contributed by atoms with E-state index in [4.69, 9.17) is 37.7 Å². The number of ether oxygens (including phenoxy) is 2. The monoisotopic (exact) mass is 418 g/mol. The Morgan fingerprint density at radius 3 is 2.61 bits per heavy atom. The van der Waals surface area contributed by atoms with Crippen LogP contribution in [0.3, 0.4) is 0 Å². The molecule has 1 aromatic heterocycles. The number of aromatic nitrogens is 2. The Kier molecular flexibility index (Phi) is 5.39. The van der Waals surface area contributed by atoms with Crippen LogP contribution < -0.4 is 14.4 Å². The first-order valence-corrected chi connectivity index (χ1v) is 9.78. The van der Waals surface area contributed by atoms with Crippen molar-refractivity contribution in [3.05, 3.63) is 57.4 Å². The summed E-state index contributed by atoms with van der Waals surface area (Å²) in [5.41, 5.74) is 3.28. The van der Waals surface area contributed by atoms with Crippen LogP contribution in [0.5, 0.6) is 11.5 Å². The smallest absolute Gasteiger partial charge is 0.292 e. The van der Waals surface area contributed by atoms with E-state index in [9.17, 15) is 0 Å². The van der Waals surface area contributed by atoms with Gasteiger partial charge in [0.1, 0.15) is 6.54 Å². The molecule has 1 N–H and O–H groups in total. The molecule has 0 bridgehead atoms. The number of fused-ring (bicyclic) bond motifs is 1. The highest BCUT2D eigenvalue weighted by Crippen LogP contribution is 2.31. The predicted octanol–water partition coefficient (Wildman–Crippen LogP) is 3.14. The van der Waals surface area contributed by atoms with Gasteiger partial charge in [0.15, 0.2) is 18.2 Å². The minimum Gasteiger partial charge on any atom is -0.493 e. The molecule has 0 saturated heterocycles. The average Bonchev–Trinajstić information content (AvgIpc) is 3.07. The molecule has 0 saturated carbocycles. The average molecular weight is 419 g/mol. The summed E-state index contributed by atoms with van der Waals surface area (Å²) in [7, 11) is 3.32. The van der Waals surface area contributed by atoms with E-state index in [1.165, 1.54) is 16.0 Å². The molecule has 0 radical (unpaired) electrons. The molecule has 1 unspecified atom stereocenters. The van der Waals surface area contributed by atoms with E-state index in [-0.39, 0.29) is 0 Å². The van der Waals surface area contributed by atoms with Crippen molar-refractivity contribution in [2.24, 2.45) is 0 Å². The molecule has 8 heteroatoms. The molecular weight excluding hydrogens is 398 g/mol. The predicted molar refractivity (Wildman–Crippen MR) is 109 cm³/mol. The van der Waals surface area contributed by atoms with Gasteiger partial charge in [-0.1, -0.05) is 23.7 Å². The highest BCUT2D eigenvalue weighted by molar-refractivity contribution is 7.71. The summed E-state index contributed by atoms with van der Waals surface area (Å²) in [6.45, 7) is 2.45. The lowest BCUT2D eigenvalue weighted by molar-refractivity contribution is -0.939. The largest absolute Gasteiger partial charge is 0.493 e. The van der Waals surface area contributed by atoms with Crippen molar-refractivity contribution in [3.8, 4) is 23.0 Å². The summed E-state index contributed by atoms with van der Waals surface area (Å²) in [5, 5.41) is 5.14.